The first-order valence-corrected chi connectivity index (χ1v) is 12.7. The molecule has 38 heavy (non-hydrogen) atoms. The smallest absolute Gasteiger partial charge is 0.231 e. The minimum atomic E-state index is 0.260. The van der Waals surface area contributed by atoms with Crippen molar-refractivity contribution in [2.24, 2.45) is 0 Å². The lowest BCUT2D eigenvalue weighted by atomic mass is 10.2. The molecule has 3 N–H and O–H groups in total. The molecule has 0 amide bonds. The molecular formula is C28H21N5O4S. The lowest BCUT2D eigenvalue weighted by Gasteiger charge is -2.07. The van der Waals surface area contributed by atoms with Gasteiger partial charge in [0.05, 0.1) is 11.1 Å². The third-order valence-corrected chi connectivity index (χ3v) is 7.22. The molecule has 0 spiro atoms. The average molecular weight is 524 g/mol. The van der Waals surface area contributed by atoms with Gasteiger partial charge in [-0.25, -0.2) is 9.50 Å². The molecule has 10 heteroatoms. The van der Waals surface area contributed by atoms with Crippen LogP contribution in [-0.2, 0) is 0 Å². The van der Waals surface area contributed by atoms with Crippen LogP contribution in [0.1, 0.15) is 0 Å². The van der Waals surface area contributed by atoms with Crippen molar-refractivity contribution in [1.29, 1.82) is 0 Å². The van der Waals surface area contributed by atoms with Gasteiger partial charge in [0.15, 0.2) is 34.5 Å². The number of fused-ring (bicyclic) bond motifs is 4. The molecule has 0 unspecified atom stereocenters. The van der Waals surface area contributed by atoms with E-state index in [9.17, 15) is 0 Å². The summed E-state index contributed by atoms with van der Waals surface area (Å²) in [7, 11) is 0. The van der Waals surface area contributed by atoms with Crippen LogP contribution in [0.25, 0.3) is 26.3 Å². The first kappa shape index (κ1) is 22.3. The van der Waals surface area contributed by atoms with Gasteiger partial charge in [0.25, 0.3) is 0 Å². The van der Waals surface area contributed by atoms with Gasteiger partial charge < -0.3 is 30.0 Å². The third-order valence-electron chi connectivity index (χ3n) is 6.08. The second kappa shape index (κ2) is 9.16. The van der Waals surface area contributed by atoms with Crippen molar-refractivity contribution in [3.05, 3.63) is 85.1 Å². The van der Waals surface area contributed by atoms with Gasteiger partial charge in [0.2, 0.25) is 13.6 Å². The molecular weight excluding hydrogens is 502 g/mol. The van der Waals surface area contributed by atoms with Gasteiger partial charge in [-0.15, -0.1) is 16.4 Å². The molecule has 0 radical (unpaired) electrons. The topological polar surface area (TPSA) is 105 Å². The zero-order chi connectivity index (χ0) is 25.5. The summed E-state index contributed by atoms with van der Waals surface area (Å²) in [4.78, 5) is 5.64. The molecule has 0 atom stereocenters. The van der Waals surface area contributed by atoms with Crippen molar-refractivity contribution >= 4 is 44.3 Å². The molecule has 0 aliphatic carbocycles. The summed E-state index contributed by atoms with van der Waals surface area (Å²) in [6.07, 6.45) is 1.87. The number of nitrogens with one attached hydrogen (secondary N) is 1. The first-order chi connectivity index (χ1) is 18.7. The van der Waals surface area contributed by atoms with Gasteiger partial charge in [-0.3, -0.25) is 0 Å². The van der Waals surface area contributed by atoms with Crippen LogP contribution in [0.2, 0.25) is 0 Å². The Kier molecular flexibility index (Phi) is 5.37. The standard InChI is InChI=1S/C21H14N4O2S.C7H7NO2/c1-2-4-18-13(3-1)9-19(28-18)15-11-22-21-8-7-20(24-25(15)21)23-14-5-6-16-17(10-14)27-12-26-16;8-5-1-2-6-7(3-5)10-4-9-6/h1-11H,12H2,(H,23,24);1-3H,4,8H2. The summed E-state index contributed by atoms with van der Waals surface area (Å²) in [6.45, 7) is 0.565. The number of anilines is 3. The average Bonchev–Trinajstić information content (AvgIpc) is 3.73. The van der Waals surface area contributed by atoms with E-state index in [-0.39, 0.29) is 6.79 Å². The highest BCUT2D eigenvalue weighted by molar-refractivity contribution is 7.22. The fourth-order valence-corrected chi connectivity index (χ4v) is 5.31. The van der Waals surface area contributed by atoms with E-state index in [1.165, 1.54) is 10.1 Å². The molecule has 6 aromatic rings. The van der Waals surface area contributed by atoms with E-state index in [0.717, 1.165) is 50.7 Å². The summed E-state index contributed by atoms with van der Waals surface area (Å²) >= 11 is 1.74. The van der Waals surface area contributed by atoms with E-state index < -0.39 is 0 Å². The third kappa shape index (κ3) is 4.16. The van der Waals surface area contributed by atoms with E-state index in [1.807, 2.05) is 41.0 Å². The SMILES string of the molecule is Nc1ccc2c(c1)OCO2.c1ccc2sc(-c3cnc4ccc(Nc5ccc6c(c5)OCO6)nn34)cc2c1. The second-order valence-electron chi connectivity index (χ2n) is 8.59. The lowest BCUT2D eigenvalue weighted by molar-refractivity contribution is 0.173. The second-order valence-corrected chi connectivity index (χ2v) is 9.67. The molecule has 3 aromatic heterocycles. The van der Waals surface area contributed by atoms with Crippen LogP contribution in [0.3, 0.4) is 0 Å². The van der Waals surface area contributed by atoms with Crippen molar-refractivity contribution in [2.45, 2.75) is 0 Å². The molecule has 0 saturated carbocycles. The molecule has 3 aromatic carbocycles. The Morgan fingerprint density at radius 1 is 0.789 bits per heavy atom. The van der Waals surface area contributed by atoms with E-state index in [1.54, 1.807) is 29.5 Å². The first-order valence-electron chi connectivity index (χ1n) is 11.9. The van der Waals surface area contributed by atoms with Gasteiger partial charge in [0.1, 0.15) is 5.69 Å². The number of hydrogen-bond donors (Lipinski definition) is 2. The van der Waals surface area contributed by atoms with Crippen molar-refractivity contribution in [2.75, 3.05) is 24.6 Å². The van der Waals surface area contributed by atoms with E-state index in [2.05, 4.69) is 40.6 Å². The molecule has 0 bridgehead atoms. The number of nitrogens with zero attached hydrogens (tertiary/aromatic N) is 3. The van der Waals surface area contributed by atoms with Crippen LogP contribution in [0.5, 0.6) is 23.0 Å². The Labute approximate surface area is 221 Å². The number of imidazole rings is 1. The van der Waals surface area contributed by atoms with E-state index in [4.69, 9.17) is 29.8 Å². The van der Waals surface area contributed by atoms with Gasteiger partial charge in [0, 0.05) is 28.2 Å². The largest absolute Gasteiger partial charge is 0.454 e. The zero-order valence-electron chi connectivity index (χ0n) is 20.0. The Morgan fingerprint density at radius 2 is 1.55 bits per heavy atom. The van der Waals surface area contributed by atoms with Crippen LogP contribution < -0.4 is 30.0 Å². The van der Waals surface area contributed by atoms with E-state index in [0.29, 0.717) is 12.5 Å². The number of nitrogens with two attached hydrogens (primary N) is 1. The van der Waals surface area contributed by atoms with Crippen LogP contribution in [-0.4, -0.2) is 28.2 Å². The molecule has 0 saturated heterocycles. The molecule has 188 valence electrons. The Hall–Kier alpha value is -4.96. The maximum atomic E-state index is 5.50. The maximum absolute atomic E-state index is 5.50. The van der Waals surface area contributed by atoms with Crippen molar-refractivity contribution in [3.63, 3.8) is 0 Å². The van der Waals surface area contributed by atoms with Gasteiger partial charge >= 0.3 is 0 Å². The van der Waals surface area contributed by atoms with Crippen molar-refractivity contribution in [3.8, 4) is 33.6 Å². The number of benzene rings is 3. The monoisotopic (exact) mass is 523 g/mol. The maximum Gasteiger partial charge on any atom is 0.231 e. The van der Waals surface area contributed by atoms with Crippen LogP contribution in [0, 0.1) is 0 Å². The molecule has 8 rings (SSSR count). The Bertz CT molecular complexity index is 1760. The number of nitrogen functional groups attached to an aromatic ring is 1. The lowest BCUT2D eigenvalue weighted by Crippen LogP contribution is -2.00. The molecule has 2 aliphatic rings. The summed E-state index contributed by atoms with van der Waals surface area (Å²) in [5.74, 6) is 3.73. The summed E-state index contributed by atoms with van der Waals surface area (Å²) in [6, 6.07) is 25.5. The molecule has 2 aliphatic heterocycles. The van der Waals surface area contributed by atoms with Crippen molar-refractivity contribution in [1.82, 2.24) is 14.6 Å². The predicted octanol–water partition coefficient (Wildman–Crippen LogP) is 6.08. The van der Waals surface area contributed by atoms with Crippen molar-refractivity contribution < 1.29 is 18.9 Å². The molecule has 5 heterocycles. The number of hydrogen-bond acceptors (Lipinski definition) is 9. The number of ether oxygens (including phenoxy) is 4. The van der Waals surface area contributed by atoms with Gasteiger partial charge in [-0.1, -0.05) is 18.2 Å². The normalized spacial score (nSPS) is 12.9. The quantitative estimate of drug-likeness (QED) is 0.269. The fraction of sp³-hybridized carbons (Fsp3) is 0.0714. The minimum Gasteiger partial charge on any atom is -0.454 e. The Balaban J connectivity index is 0.000000203. The van der Waals surface area contributed by atoms with Crippen LogP contribution in [0.15, 0.2) is 85.1 Å². The van der Waals surface area contributed by atoms with Crippen LogP contribution >= 0.6 is 11.3 Å². The van der Waals surface area contributed by atoms with Crippen LogP contribution in [0.4, 0.5) is 17.2 Å². The Morgan fingerprint density at radius 3 is 2.39 bits per heavy atom. The highest BCUT2D eigenvalue weighted by Gasteiger charge is 2.15. The number of rotatable bonds is 3. The fourth-order valence-electron chi connectivity index (χ4n) is 4.25. The predicted molar refractivity (Wildman–Crippen MR) is 147 cm³/mol. The number of aromatic nitrogens is 3. The summed E-state index contributed by atoms with van der Waals surface area (Å²) < 4.78 is 24.1. The van der Waals surface area contributed by atoms with Gasteiger partial charge in [-0.05, 0) is 53.9 Å². The van der Waals surface area contributed by atoms with Gasteiger partial charge in [-0.2, -0.15) is 0 Å². The zero-order valence-corrected chi connectivity index (χ0v) is 20.8. The molecule has 9 nitrogen and oxygen atoms in total. The summed E-state index contributed by atoms with van der Waals surface area (Å²) in [5, 5.41) is 9.31. The highest BCUT2D eigenvalue weighted by Crippen LogP contribution is 2.36. The molecule has 0 fully saturated rings. The van der Waals surface area contributed by atoms with E-state index >= 15 is 0 Å². The number of thiophene rings is 1. The minimum absolute atomic E-state index is 0.260. The highest BCUT2D eigenvalue weighted by atomic mass is 32.1. The summed E-state index contributed by atoms with van der Waals surface area (Å²) in [5.41, 5.74) is 8.87.